The molecule has 15 heavy (non-hydrogen) atoms. The number of rotatable bonds is 1. The Morgan fingerprint density at radius 2 is 1.27 bits per heavy atom. The van der Waals surface area contributed by atoms with Gasteiger partial charge in [0.25, 0.3) is 0 Å². The highest BCUT2D eigenvalue weighted by Gasteiger charge is 2.02. The van der Waals surface area contributed by atoms with E-state index in [-0.39, 0.29) is 0 Å². The quantitative estimate of drug-likeness (QED) is 0.678. The highest BCUT2D eigenvalue weighted by molar-refractivity contribution is 6.30. The maximum Gasteiger partial charge on any atom is 0.126 e. The summed E-state index contributed by atoms with van der Waals surface area (Å²) in [5, 5.41) is 0.593. The molecule has 0 fully saturated rings. The smallest absolute Gasteiger partial charge is 0.126 e. The Balaban J connectivity index is 2.49. The Morgan fingerprint density at radius 3 is 1.80 bits per heavy atom. The fourth-order valence-corrected chi connectivity index (χ4v) is 1.49. The lowest BCUT2D eigenvalue weighted by Crippen LogP contribution is -1.83. The molecule has 2 rings (SSSR count). The van der Waals surface area contributed by atoms with Crippen molar-refractivity contribution in [3.8, 4) is 11.1 Å². The zero-order valence-electron chi connectivity index (χ0n) is 7.68. The number of halogens is 3. The van der Waals surface area contributed by atoms with Crippen LogP contribution in [0.1, 0.15) is 0 Å². The normalized spacial score (nSPS) is 10.3. The monoisotopic (exact) mass is 224 g/mol. The van der Waals surface area contributed by atoms with Gasteiger partial charge in [-0.2, -0.15) is 0 Å². The summed E-state index contributed by atoms with van der Waals surface area (Å²) in [6, 6.07) is 10.2. The molecule has 0 nitrogen and oxygen atoms in total. The van der Waals surface area contributed by atoms with Gasteiger partial charge in [-0.05, 0) is 35.4 Å². The predicted octanol–water partition coefficient (Wildman–Crippen LogP) is 4.29. The minimum absolute atomic E-state index is 0.504. The van der Waals surface area contributed by atoms with Crippen molar-refractivity contribution < 1.29 is 8.78 Å². The molecule has 0 unspecified atom stereocenters. The van der Waals surface area contributed by atoms with E-state index in [4.69, 9.17) is 11.6 Å². The fourth-order valence-electron chi connectivity index (χ4n) is 1.36. The third-order valence-electron chi connectivity index (χ3n) is 2.04. The van der Waals surface area contributed by atoms with Crippen LogP contribution < -0.4 is 0 Å². The zero-order valence-corrected chi connectivity index (χ0v) is 8.43. The zero-order chi connectivity index (χ0) is 10.8. The van der Waals surface area contributed by atoms with E-state index in [2.05, 4.69) is 0 Å². The first-order valence-corrected chi connectivity index (χ1v) is 4.75. The summed E-state index contributed by atoms with van der Waals surface area (Å²) in [5.41, 5.74) is 1.24. The fraction of sp³-hybridized carbons (Fsp3) is 0. The van der Waals surface area contributed by atoms with Gasteiger partial charge in [-0.15, -0.1) is 0 Å². The second-order valence-electron chi connectivity index (χ2n) is 3.17. The van der Waals surface area contributed by atoms with Crippen LogP contribution >= 0.6 is 11.6 Å². The summed E-state index contributed by atoms with van der Waals surface area (Å²) in [5.74, 6) is -1.17. The summed E-state index contributed by atoms with van der Waals surface area (Å²) < 4.78 is 25.9. The molecule has 76 valence electrons. The van der Waals surface area contributed by atoms with E-state index in [1.54, 1.807) is 24.3 Å². The van der Waals surface area contributed by atoms with Crippen LogP contribution in [0.3, 0.4) is 0 Å². The van der Waals surface area contributed by atoms with Gasteiger partial charge in [0.2, 0.25) is 0 Å². The van der Waals surface area contributed by atoms with Crippen molar-refractivity contribution in [1.82, 2.24) is 0 Å². The molecule has 0 atom stereocenters. The molecule has 0 N–H and O–H groups in total. The maximum absolute atomic E-state index is 12.9. The summed E-state index contributed by atoms with van der Waals surface area (Å²) in [6.45, 7) is 0. The van der Waals surface area contributed by atoms with Gasteiger partial charge >= 0.3 is 0 Å². The molecule has 0 spiro atoms. The Labute approximate surface area is 91.1 Å². The second-order valence-corrected chi connectivity index (χ2v) is 3.60. The molecule has 0 aliphatic carbocycles. The van der Waals surface area contributed by atoms with Crippen LogP contribution in [0.2, 0.25) is 5.02 Å². The molecule has 0 saturated heterocycles. The first-order chi connectivity index (χ1) is 7.15. The van der Waals surface area contributed by atoms with Gasteiger partial charge in [0.05, 0.1) is 0 Å². The van der Waals surface area contributed by atoms with E-state index >= 15 is 0 Å². The topological polar surface area (TPSA) is 0 Å². The number of benzene rings is 2. The number of hydrogen-bond acceptors (Lipinski definition) is 0. The van der Waals surface area contributed by atoms with Crippen LogP contribution in [-0.4, -0.2) is 0 Å². The van der Waals surface area contributed by atoms with Crippen molar-refractivity contribution in [2.45, 2.75) is 0 Å². The Kier molecular flexibility index (Phi) is 2.69. The van der Waals surface area contributed by atoms with Crippen LogP contribution in [0.15, 0.2) is 42.5 Å². The molecule has 0 amide bonds. The summed E-state index contributed by atoms with van der Waals surface area (Å²) in [6.07, 6.45) is 0. The summed E-state index contributed by atoms with van der Waals surface area (Å²) in [4.78, 5) is 0. The Hall–Kier alpha value is -1.41. The molecule has 0 bridgehead atoms. The van der Waals surface area contributed by atoms with Crippen molar-refractivity contribution in [2.24, 2.45) is 0 Å². The average molecular weight is 225 g/mol. The maximum atomic E-state index is 12.9. The average Bonchev–Trinajstić information content (AvgIpc) is 2.17. The number of hydrogen-bond donors (Lipinski definition) is 0. The molecule has 0 saturated carbocycles. The molecule has 0 aromatic heterocycles. The summed E-state index contributed by atoms with van der Waals surface area (Å²) >= 11 is 5.71. The van der Waals surface area contributed by atoms with Gasteiger partial charge in [-0.25, -0.2) is 8.78 Å². The van der Waals surface area contributed by atoms with Gasteiger partial charge in [-0.3, -0.25) is 0 Å². The highest BCUT2D eigenvalue weighted by Crippen LogP contribution is 2.23. The lowest BCUT2D eigenvalue weighted by Gasteiger charge is -2.02. The van der Waals surface area contributed by atoms with Crippen LogP contribution in [0.5, 0.6) is 0 Å². The van der Waals surface area contributed by atoms with Crippen LogP contribution in [0, 0.1) is 11.6 Å². The largest absolute Gasteiger partial charge is 0.207 e. The third kappa shape index (κ3) is 2.34. The van der Waals surface area contributed by atoms with Crippen LogP contribution in [0.4, 0.5) is 8.78 Å². The van der Waals surface area contributed by atoms with Crippen molar-refractivity contribution in [3.05, 3.63) is 59.1 Å². The second kappa shape index (κ2) is 3.99. The van der Waals surface area contributed by atoms with Gasteiger partial charge in [0.15, 0.2) is 0 Å². The molecule has 3 heteroatoms. The van der Waals surface area contributed by atoms with Crippen molar-refractivity contribution >= 4 is 11.6 Å². The Morgan fingerprint density at radius 1 is 0.733 bits per heavy atom. The first kappa shape index (κ1) is 10.1. The summed E-state index contributed by atoms with van der Waals surface area (Å²) in [7, 11) is 0. The minimum Gasteiger partial charge on any atom is -0.207 e. The van der Waals surface area contributed by atoms with E-state index in [1.807, 2.05) is 0 Å². The van der Waals surface area contributed by atoms with Crippen molar-refractivity contribution in [3.63, 3.8) is 0 Å². The van der Waals surface area contributed by atoms with E-state index < -0.39 is 11.6 Å². The highest BCUT2D eigenvalue weighted by atomic mass is 35.5. The standard InChI is InChI=1S/C12H7ClF2/c13-10-3-1-8(2-4-10)9-5-11(14)7-12(15)6-9/h1-7H. The predicted molar refractivity (Wildman–Crippen MR) is 56.8 cm³/mol. The van der Waals surface area contributed by atoms with E-state index in [9.17, 15) is 8.78 Å². The molecule has 0 aliphatic rings. The SMILES string of the molecule is Fc1cc(F)cc(-c2ccc(Cl)cc2)c1. The lowest BCUT2D eigenvalue weighted by molar-refractivity contribution is 0.584. The van der Waals surface area contributed by atoms with Gasteiger partial charge in [0.1, 0.15) is 11.6 Å². The van der Waals surface area contributed by atoms with Gasteiger partial charge < -0.3 is 0 Å². The molecule has 2 aromatic carbocycles. The molecule has 0 aliphatic heterocycles. The van der Waals surface area contributed by atoms with Crippen LogP contribution in [-0.2, 0) is 0 Å². The molecule has 0 heterocycles. The van der Waals surface area contributed by atoms with Crippen LogP contribution in [0.25, 0.3) is 11.1 Å². The van der Waals surface area contributed by atoms with Gasteiger partial charge in [-0.1, -0.05) is 23.7 Å². The van der Waals surface area contributed by atoms with E-state index in [0.29, 0.717) is 10.6 Å². The van der Waals surface area contributed by atoms with Crippen molar-refractivity contribution in [1.29, 1.82) is 0 Å². The minimum atomic E-state index is -0.583. The first-order valence-electron chi connectivity index (χ1n) is 4.37. The van der Waals surface area contributed by atoms with E-state index in [1.165, 1.54) is 12.1 Å². The molecular formula is C12H7ClF2. The van der Waals surface area contributed by atoms with Gasteiger partial charge in [0, 0.05) is 11.1 Å². The van der Waals surface area contributed by atoms with Crippen molar-refractivity contribution in [2.75, 3.05) is 0 Å². The molecule has 0 radical (unpaired) electrons. The Bertz CT molecular complexity index is 457. The lowest BCUT2D eigenvalue weighted by atomic mass is 10.1. The third-order valence-corrected chi connectivity index (χ3v) is 2.29. The van der Waals surface area contributed by atoms with E-state index in [0.717, 1.165) is 11.6 Å². The molecule has 2 aromatic rings. The molecular weight excluding hydrogens is 218 g/mol.